The Morgan fingerprint density at radius 2 is 2.25 bits per heavy atom. The minimum Gasteiger partial charge on any atom is -0.396 e. The molecule has 0 aromatic heterocycles. The van der Waals surface area contributed by atoms with Gasteiger partial charge in [-0.2, -0.15) is 0 Å². The SMILES string of the molecule is CC1CCC(CO)CN1C(=O)C1CCOC1. The molecule has 0 bridgehead atoms. The maximum absolute atomic E-state index is 12.2. The van der Waals surface area contributed by atoms with Gasteiger partial charge in [0.25, 0.3) is 0 Å². The summed E-state index contributed by atoms with van der Waals surface area (Å²) in [6.45, 7) is 4.29. The Labute approximate surface area is 96.6 Å². The summed E-state index contributed by atoms with van der Waals surface area (Å²) in [7, 11) is 0. The van der Waals surface area contributed by atoms with Crippen LogP contribution in [-0.2, 0) is 9.53 Å². The summed E-state index contributed by atoms with van der Waals surface area (Å²) in [6, 6.07) is 0.316. The minimum atomic E-state index is 0.0555. The lowest BCUT2D eigenvalue weighted by molar-refractivity contribution is -0.140. The molecule has 1 amide bonds. The van der Waals surface area contributed by atoms with Gasteiger partial charge >= 0.3 is 0 Å². The van der Waals surface area contributed by atoms with Crippen LogP contribution < -0.4 is 0 Å². The van der Waals surface area contributed by atoms with E-state index in [4.69, 9.17) is 4.74 Å². The maximum Gasteiger partial charge on any atom is 0.228 e. The molecule has 4 nitrogen and oxygen atoms in total. The number of carbonyl (C=O) groups excluding carboxylic acids is 1. The highest BCUT2D eigenvalue weighted by molar-refractivity contribution is 5.79. The van der Waals surface area contributed by atoms with Crippen LogP contribution in [-0.4, -0.2) is 48.3 Å². The lowest BCUT2D eigenvalue weighted by Crippen LogP contribution is -2.48. The van der Waals surface area contributed by atoms with Crippen molar-refractivity contribution in [1.82, 2.24) is 4.90 Å². The molecule has 0 aromatic rings. The largest absolute Gasteiger partial charge is 0.396 e. The molecule has 2 saturated heterocycles. The number of piperidine rings is 1. The number of rotatable bonds is 2. The molecular formula is C12H21NO3. The van der Waals surface area contributed by atoms with Crippen molar-refractivity contribution < 1.29 is 14.6 Å². The Morgan fingerprint density at radius 1 is 1.44 bits per heavy atom. The van der Waals surface area contributed by atoms with Gasteiger partial charge in [0.2, 0.25) is 5.91 Å². The molecule has 0 saturated carbocycles. The van der Waals surface area contributed by atoms with Crippen LogP contribution in [0.25, 0.3) is 0 Å². The van der Waals surface area contributed by atoms with Gasteiger partial charge in [-0.05, 0) is 32.1 Å². The number of carbonyl (C=O) groups is 1. The number of aliphatic hydroxyl groups is 1. The van der Waals surface area contributed by atoms with E-state index < -0.39 is 0 Å². The van der Waals surface area contributed by atoms with Crippen molar-refractivity contribution in [2.45, 2.75) is 32.2 Å². The second-order valence-electron chi connectivity index (χ2n) is 5.03. The number of ether oxygens (including phenoxy) is 1. The minimum absolute atomic E-state index is 0.0555. The molecule has 2 heterocycles. The van der Waals surface area contributed by atoms with Crippen molar-refractivity contribution in [3.05, 3.63) is 0 Å². The molecule has 0 radical (unpaired) electrons. The normalized spacial score (nSPS) is 35.4. The van der Waals surface area contributed by atoms with E-state index in [0.717, 1.165) is 19.3 Å². The summed E-state index contributed by atoms with van der Waals surface area (Å²) in [5, 5.41) is 9.18. The number of hydrogen-bond acceptors (Lipinski definition) is 3. The molecule has 3 atom stereocenters. The highest BCUT2D eigenvalue weighted by Crippen LogP contribution is 2.25. The van der Waals surface area contributed by atoms with Gasteiger partial charge in [-0.25, -0.2) is 0 Å². The van der Waals surface area contributed by atoms with Crippen molar-refractivity contribution in [3.8, 4) is 0 Å². The van der Waals surface area contributed by atoms with Crippen LogP contribution in [0.3, 0.4) is 0 Å². The van der Waals surface area contributed by atoms with Crippen molar-refractivity contribution in [2.24, 2.45) is 11.8 Å². The highest BCUT2D eigenvalue weighted by Gasteiger charge is 2.34. The zero-order valence-electron chi connectivity index (χ0n) is 9.89. The monoisotopic (exact) mass is 227 g/mol. The molecule has 0 aliphatic carbocycles. The second-order valence-corrected chi connectivity index (χ2v) is 5.03. The van der Waals surface area contributed by atoms with Crippen molar-refractivity contribution in [2.75, 3.05) is 26.4 Å². The zero-order chi connectivity index (χ0) is 11.5. The lowest BCUT2D eigenvalue weighted by atomic mass is 9.92. The van der Waals surface area contributed by atoms with Gasteiger partial charge < -0.3 is 14.7 Å². The van der Waals surface area contributed by atoms with E-state index in [9.17, 15) is 9.90 Å². The summed E-state index contributed by atoms with van der Waals surface area (Å²) in [5.74, 6) is 0.547. The fraction of sp³-hybridized carbons (Fsp3) is 0.917. The first kappa shape index (κ1) is 11.9. The summed E-state index contributed by atoms with van der Waals surface area (Å²) < 4.78 is 5.26. The first-order valence-electron chi connectivity index (χ1n) is 6.21. The van der Waals surface area contributed by atoms with E-state index in [1.165, 1.54) is 0 Å². The highest BCUT2D eigenvalue weighted by atomic mass is 16.5. The molecule has 3 unspecified atom stereocenters. The summed E-state index contributed by atoms with van der Waals surface area (Å²) in [4.78, 5) is 14.2. The second kappa shape index (κ2) is 5.15. The van der Waals surface area contributed by atoms with Gasteiger partial charge in [0.05, 0.1) is 12.5 Å². The van der Waals surface area contributed by atoms with Crippen LogP contribution in [0.4, 0.5) is 0 Å². The van der Waals surface area contributed by atoms with Crippen molar-refractivity contribution >= 4 is 5.91 Å². The van der Waals surface area contributed by atoms with Crippen LogP contribution >= 0.6 is 0 Å². The predicted octanol–water partition coefficient (Wildman–Crippen LogP) is 0.642. The standard InChI is InChI=1S/C12H21NO3/c1-9-2-3-10(7-14)6-13(9)12(15)11-4-5-16-8-11/h9-11,14H,2-8H2,1H3. The Bertz CT molecular complexity index is 251. The number of aliphatic hydroxyl groups excluding tert-OH is 1. The molecular weight excluding hydrogens is 206 g/mol. The molecule has 0 spiro atoms. The van der Waals surface area contributed by atoms with E-state index in [0.29, 0.717) is 25.8 Å². The summed E-state index contributed by atoms with van der Waals surface area (Å²) in [5.41, 5.74) is 0. The van der Waals surface area contributed by atoms with Gasteiger partial charge in [0.15, 0.2) is 0 Å². The Kier molecular flexibility index (Phi) is 3.82. The van der Waals surface area contributed by atoms with Crippen LogP contribution in [0, 0.1) is 11.8 Å². The fourth-order valence-electron chi connectivity index (χ4n) is 2.60. The van der Waals surface area contributed by atoms with Gasteiger partial charge in [-0.1, -0.05) is 0 Å². The third-order valence-electron chi connectivity index (χ3n) is 3.80. The molecule has 0 aromatic carbocycles. The molecule has 16 heavy (non-hydrogen) atoms. The number of likely N-dealkylation sites (tertiary alicyclic amines) is 1. The van der Waals surface area contributed by atoms with Crippen LogP contribution in [0.15, 0.2) is 0 Å². The predicted molar refractivity (Wildman–Crippen MR) is 59.9 cm³/mol. The van der Waals surface area contributed by atoms with Crippen LogP contribution in [0.1, 0.15) is 26.2 Å². The third-order valence-corrected chi connectivity index (χ3v) is 3.80. The molecule has 2 fully saturated rings. The number of amides is 1. The topological polar surface area (TPSA) is 49.8 Å². The average Bonchev–Trinajstić information content (AvgIpc) is 2.82. The maximum atomic E-state index is 12.2. The van der Waals surface area contributed by atoms with Crippen LogP contribution in [0.5, 0.6) is 0 Å². The molecule has 2 aliphatic heterocycles. The van der Waals surface area contributed by atoms with E-state index in [1.807, 2.05) is 4.90 Å². The van der Waals surface area contributed by atoms with E-state index in [2.05, 4.69) is 6.92 Å². The molecule has 4 heteroatoms. The molecule has 2 aliphatic rings. The lowest BCUT2D eigenvalue weighted by Gasteiger charge is -2.38. The number of hydrogen-bond donors (Lipinski definition) is 1. The van der Waals surface area contributed by atoms with E-state index in [-0.39, 0.29) is 24.3 Å². The van der Waals surface area contributed by atoms with Gasteiger partial charge in [0, 0.05) is 25.8 Å². The Hall–Kier alpha value is -0.610. The third kappa shape index (κ3) is 2.38. The summed E-state index contributed by atoms with van der Waals surface area (Å²) >= 11 is 0. The average molecular weight is 227 g/mol. The summed E-state index contributed by atoms with van der Waals surface area (Å²) in [6.07, 6.45) is 2.89. The molecule has 1 N–H and O–H groups in total. The van der Waals surface area contributed by atoms with E-state index in [1.54, 1.807) is 0 Å². The zero-order valence-corrected chi connectivity index (χ0v) is 9.89. The smallest absolute Gasteiger partial charge is 0.228 e. The van der Waals surface area contributed by atoms with Gasteiger partial charge in [0.1, 0.15) is 0 Å². The Morgan fingerprint density at radius 3 is 2.88 bits per heavy atom. The fourth-order valence-corrected chi connectivity index (χ4v) is 2.60. The van der Waals surface area contributed by atoms with Gasteiger partial charge in [-0.3, -0.25) is 4.79 Å². The Balaban J connectivity index is 1.97. The number of nitrogens with zero attached hydrogens (tertiary/aromatic N) is 1. The first-order valence-corrected chi connectivity index (χ1v) is 6.21. The quantitative estimate of drug-likeness (QED) is 0.753. The van der Waals surface area contributed by atoms with Crippen LogP contribution in [0.2, 0.25) is 0 Å². The van der Waals surface area contributed by atoms with Crippen molar-refractivity contribution in [1.29, 1.82) is 0 Å². The van der Waals surface area contributed by atoms with Crippen molar-refractivity contribution in [3.63, 3.8) is 0 Å². The molecule has 92 valence electrons. The van der Waals surface area contributed by atoms with E-state index >= 15 is 0 Å². The van der Waals surface area contributed by atoms with Gasteiger partial charge in [-0.15, -0.1) is 0 Å². The molecule has 2 rings (SSSR count). The first-order chi connectivity index (χ1) is 7.72.